The molecule has 66 valence electrons. The molecule has 1 aromatic rings. The molecule has 0 bridgehead atoms. The van der Waals surface area contributed by atoms with Crippen molar-refractivity contribution in [2.75, 3.05) is 0 Å². The Morgan fingerprint density at radius 1 is 1.50 bits per heavy atom. The third kappa shape index (κ3) is 1.96. The van der Waals surface area contributed by atoms with Crippen LogP contribution in [0.5, 0.6) is 0 Å². The Morgan fingerprint density at radius 3 is 2.67 bits per heavy atom. The molecule has 0 spiro atoms. The lowest BCUT2D eigenvalue weighted by molar-refractivity contribution is 0.514. The van der Waals surface area contributed by atoms with Gasteiger partial charge in [-0.05, 0) is 17.5 Å². The zero-order chi connectivity index (χ0) is 9.14. The number of hydrogen-bond donors (Lipinski definition) is 1. The summed E-state index contributed by atoms with van der Waals surface area (Å²) in [7, 11) is 0. The molecule has 12 heavy (non-hydrogen) atoms. The Labute approximate surface area is 77.8 Å². The molecule has 1 heterocycles. The zero-order valence-corrected chi connectivity index (χ0v) is 8.05. The first-order valence-electron chi connectivity index (χ1n) is 3.98. The fourth-order valence-corrected chi connectivity index (χ4v) is 1.26. The van der Waals surface area contributed by atoms with Crippen LogP contribution in [0.4, 0.5) is 0 Å². The molecule has 2 nitrogen and oxygen atoms in total. The minimum Gasteiger partial charge on any atom is -0.324 e. The quantitative estimate of drug-likeness (QED) is 0.767. The van der Waals surface area contributed by atoms with Gasteiger partial charge >= 0.3 is 0 Å². The highest BCUT2D eigenvalue weighted by Crippen LogP contribution is 2.24. The van der Waals surface area contributed by atoms with E-state index < -0.39 is 0 Å². The average molecular weight is 185 g/mol. The van der Waals surface area contributed by atoms with Crippen LogP contribution in [-0.4, -0.2) is 4.98 Å². The maximum atomic E-state index is 5.93. The molecular formula is C9H13ClN2. The summed E-state index contributed by atoms with van der Waals surface area (Å²) in [6.07, 6.45) is 3.34. The third-order valence-electron chi connectivity index (χ3n) is 1.88. The summed E-state index contributed by atoms with van der Waals surface area (Å²) in [5, 5.41) is 0.652. The van der Waals surface area contributed by atoms with E-state index in [1.165, 1.54) is 0 Å². The molecule has 0 fully saturated rings. The van der Waals surface area contributed by atoms with Crippen LogP contribution >= 0.6 is 11.6 Å². The fraction of sp³-hybridized carbons (Fsp3) is 0.444. The van der Waals surface area contributed by atoms with E-state index in [1.807, 2.05) is 6.07 Å². The van der Waals surface area contributed by atoms with Crippen LogP contribution in [0.1, 0.15) is 25.5 Å². The van der Waals surface area contributed by atoms with Crippen LogP contribution in [-0.2, 0) is 0 Å². The van der Waals surface area contributed by atoms with Gasteiger partial charge in [0.2, 0.25) is 0 Å². The number of rotatable bonds is 2. The predicted molar refractivity (Wildman–Crippen MR) is 51.0 cm³/mol. The zero-order valence-electron chi connectivity index (χ0n) is 7.29. The first-order chi connectivity index (χ1) is 5.63. The third-order valence-corrected chi connectivity index (χ3v) is 2.20. The Balaban J connectivity index is 2.94. The molecule has 1 aromatic heterocycles. The molecule has 0 aliphatic rings. The van der Waals surface area contributed by atoms with Gasteiger partial charge in [0.25, 0.3) is 0 Å². The highest BCUT2D eigenvalue weighted by Gasteiger charge is 2.12. The summed E-state index contributed by atoms with van der Waals surface area (Å²) in [6.45, 7) is 4.14. The number of nitrogens with two attached hydrogens (primary N) is 1. The standard InChI is InChI=1S/C9H13ClN2/c1-6(2)9(11)7-3-4-12-5-8(7)10/h3-6,9H,11H2,1-2H3. The molecule has 0 saturated carbocycles. The second-order valence-corrected chi connectivity index (χ2v) is 3.57. The predicted octanol–water partition coefficient (Wildman–Crippen LogP) is 2.39. The number of hydrogen-bond acceptors (Lipinski definition) is 2. The van der Waals surface area contributed by atoms with Gasteiger partial charge in [-0.25, -0.2) is 0 Å². The van der Waals surface area contributed by atoms with Crippen LogP contribution in [0.2, 0.25) is 5.02 Å². The molecule has 0 aromatic carbocycles. The van der Waals surface area contributed by atoms with Crippen LogP contribution in [0.25, 0.3) is 0 Å². The van der Waals surface area contributed by atoms with Crippen molar-refractivity contribution in [3.63, 3.8) is 0 Å². The highest BCUT2D eigenvalue weighted by atomic mass is 35.5. The number of halogens is 1. The lowest BCUT2D eigenvalue weighted by Crippen LogP contribution is -2.17. The van der Waals surface area contributed by atoms with E-state index in [-0.39, 0.29) is 6.04 Å². The van der Waals surface area contributed by atoms with Gasteiger partial charge in [0.1, 0.15) is 0 Å². The smallest absolute Gasteiger partial charge is 0.0637 e. The monoisotopic (exact) mass is 184 g/mol. The summed E-state index contributed by atoms with van der Waals surface area (Å²) in [6, 6.07) is 1.87. The van der Waals surface area contributed by atoms with Crippen LogP contribution in [0, 0.1) is 5.92 Å². The van der Waals surface area contributed by atoms with Gasteiger partial charge in [0.15, 0.2) is 0 Å². The highest BCUT2D eigenvalue weighted by molar-refractivity contribution is 6.31. The number of aromatic nitrogens is 1. The second-order valence-electron chi connectivity index (χ2n) is 3.17. The molecule has 1 atom stereocenters. The molecule has 1 unspecified atom stereocenters. The van der Waals surface area contributed by atoms with Crippen molar-refractivity contribution in [1.82, 2.24) is 4.98 Å². The maximum Gasteiger partial charge on any atom is 0.0637 e. The fourth-order valence-electron chi connectivity index (χ4n) is 1.02. The van der Waals surface area contributed by atoms with Gasteiger partial charge in [-0.15, -0.1) is 0 Å². The first kappa shape index (κ1) is 9.49. The summed E-state index contributed by atoms with van der Waals surface area (Å²) in [5.74, 6) is 0.393. The summed E-state index contributed by atoms with van der Waals surface area (Å²) in [5.41, 5.74) is 6.90. The molecular weight excluding hydrogens is 172 g/mol. The number of nitrogens with zero attached hydrogens (tertiary/aromatic N) is 1. The SMILES string of the molecule is CC(C)C(N)c1ccncc1Cl. The molecule has 0 amide bonds. The van der Waals surface area contributed by atoms with Gasteiger partial charge in [-0.3, -0.25) is 4.98 Å². The Bertz CT molecular complexity index is 260. The van der Waals surface area contributed by atoms with E-state index in [0.29, 0.717) is 10.9 Å². The van der Waals surface area contributed by atoms with Gasteiger partial charge in [-0.1, -0.05) is 25.4 Å². The van der Waals surface area contributed by atoms with Crippen LogP contribution < -0.4 is 5.73 Å². The molecule has 0 radical (unpaired) electrons. The van der Waals surface area contributed by atoms with E-state index in [2.05, 4.69) is 18.8 Å². The Kier molecular flexibility index (Phi) is 3.06. The van der Waals surface area contributed by atoms with E-state index in [1.54, 1.807) is 12.4 Å². The first-order valence-corrected chi connectivity index (χ1v) is 4.35. The van der Waals surface area contributed by atoms with Gasteiger partial charge in [-0.2, -0.15) is 0 Å². The second kappa shape index (κ2) is 3.87. The molecule has 0 aliphatic heterocycles. The van der Waals surface area contributed by atoms with Gasteiger partial charge in [0, 0.05) is 18.4 Å². The Hall–Kier alpha value is -0.600. The van der Waals surface area contributed by atoms with Crippen molar-refractivity contribution < 1.29 is 0 Å². The summed E-state index contributed by atoms with van der Waals surface area (Å²) >= 11 is 5.92. The number of pyridine rings is 1. The van der Waals surface area contributed by atoms with Crippen molar-refractivity contribution >= 4 is 11.6 Å². The Morgan fingerprint density at radius 2 is 2.17 bits per heavy atom. The molecule has 1 rings (SSSR count). The van der Waals surface area contributed by atoms with Gasteiger partial charge < -0.3 is 5.73 Å². The lowest BCUT2D eigenvalue weighted by Gasteiger charge is -2.16. The van der Waals surface area contributed by atoms with Crippen molar-refractivity contribution in [1.29, 1.82) is 0 Å². The molecule has 0 saturated heterocycles. The van der Waals surface area contributed by atoms with Crippen LogP contribution in [0.15, 0.2) is 18.5 Å². The van der Waals surface area contributed by atoms with E-state index in [0.717, 1.165) is 5.56 Å². The summed E-state index contributed by atoms with van der Waals surface area (Å²) in [4.78, 5) is 3.90. The average Bonchev–Trinajstić information content (AvgIpc) is 2.04. The van der Waals surface area contributed by atoms with Gasteiger partial charge in [0.05, 0.1) is 5.02 Å². The van der Waals surface area contributed by atoms with Crippen molar-refractivity contribution in [3.8, 4) is 0 Å². The molecule has 2 N–H and O–H groups in total. The minimum absolute atomic E-state index is 0.000463. The largest absolute Gasteiger partial charge is 0.324 e. The van der Waals surface area contributed by atoms with Crippen molar-refractivity contribution in [2.45, 2.75) is 19.9 Å². The topological polar surface area (TPSA) is 38.9 Å². The summed E-state index contributed by atoms with van der Waals surface area (Å²) < 4.78 is 0. The minimum atomic E-state index is 0.000463. The van der Waals surface area contributed by atoms with E-state index in [4.69, 9.17) is 17.3 Å². The lowest BCUT2D eigenvalue weighted by atomic mass is 9.98. The van der Waals surface area contributed by atoms with Crippen molar-refractivity contribution in [3.05, 3.63) is 29.0 Å². The van der Waals surface area contributed by atoms with E-state index >= 15 is 0 Å². The van der Waals surface area contributed by atoms with Crippen molar-refractivity contribution in [2.24, 2.45) is 11.7 Å². The molecule has 0 aliphatic carbocycles. The molecule has 3 heteroatoms. The normalized spacial score (nSPS) is 13.4. The van der Waals surface area contributed by atoms with E-state index in [9.17, 15) is 0 Å². The van der Waals surface area contributed by atoms with Crippen LogP contribution in [0.3, 0.4) is 0 Å². The maximum absolute atomic E-state index is 5.93.